The van der Waals surface area contributed by atoms with Gasteiger partial charge in [-0.05, 0) is 37.4 Å². The van der Waals surface area contributed by atoms with Crippen molar-refractivity contribution in [3.8, 4) is 0 Å². The van der Waals surface area contributed by atoms with Gasteiger partial charge in [0.05, 0.1) is 5.92 Å². The van der Waals surface area contributed by atoms with Gasteiger partial charge in [0.1, 0.15) is 0 Å². The third-order valence-electron chi connectivity index (χ3n) is 4.73. The number of amides is 1. The molecule has 1 fully saturated rings. The van der Waals surface area contributed by atoms with Gasteiger partial charge in [0, 0.05) is 13.1 Å². The Bertz CT molecular complexity index is 452. The lowest BCUT2D eigenvalue weighted by Crippen LogP contribution is -2.36. The summed E-state index contributed by atoms with van der Waals surface area (Å²) in [5, 5.41) is 3.23. The summed E-state index contributed by atoms with van der Waals surface area (Å²) in [6.45, 7) is 7.17. The smallest absolute Gasteiger partial charge is 0.230 e. The second-order valence-electron chi connectivity index (χ2n) is 6.27. The minimum absolute atomic E-state index is 0. The molecule has 0 spiro atoms. The van der Waals surface area contributed by atoms with E-state index in [1.165, 1.54) is 0 Å². The van der Waals surface area contributed by atoms with Crippen molar-refractivity contribution < 1.29 is 4.79 Å². The second kappa shape index (κ2) is 9.16. The minimum atomic E-state index is 0. The quantitative estimate of drug-likeness (QED) is 0.870. The number of hydrogen-bond acceptors (Lipinski definition) is 2. The van der Waals surface area contributed by atoms with Crippen LogP contribution in [0.2, 0.25) is 0 Å². The maximum atomic E-state index is 13.0. The van der Waals surface area contributed by atoms with Gasteiger partial charge in [-0.3, -0.25) is 4.79 Å². The summed E-state index contributed by atoms with van der Waals surface area (Å²) in [5.41, 5.74) is 1.16. The molecule has 2 rings (SSSR count). The van der Waals surface area contributed by atoms with Crippen molar-refractivity contribution in [3.63, 3.8) is 0 Å². The number of carbonyl (C=O) groups is 1. The van der Waals surface area contributed by atoms with Crippen LogP contribution < -0.4 is 5.32 Å². The fourth-order valence-electron chi connectivity index (χ4n) is 3.30. The van der Waals surface area contributed by atoms with Crippen molar-refractivity contribution >= 4 is 18.3 Å². The monoisotopic (exact) mass is 324 g/mol. The van der Waals surface area contributed by atoms with E-state index in [-0.39, 0.29) is 18.3 Å². The van der Waals surface area contributed by atoms with Crippen LogP contribution in [0, 0.1) is 11.8 Å². The molecule has 3 atom stereocenters. The Morgan fingerprint density at radius 3 is 2.64 bits per heavy atom. The molecule has 0 bridgehead atoms. The van der Waals surface area contributed by atoms with E-state index in [0.29, 0.717) is 17.7 Å². The summed E-state index contributed by atoms with van der Waals surface area (Å²) >= 11 is 0. The van der Waals surface area contributed by atoms with Crippen LogP contribution in [0.4, 0.5) is 0 Å². The summed E-state index contributed by atoms with van der Waals surface area (Å²) in [7, 11) is 1.98. The predicted octanol–water partition coefficient (Wildman–Crippen LogP) is 3.31. The van der Waals surface area contributed by atoms with E-state index in [1.54, 1.807) is 0 Å². The zero-order valence-electron chi connectivity index (χ0n) is 13.9. The molecule has 1 heterocycles. The van der Waals surface area contributed by atoms with Crippen molar-refractivity contribution in [2.75, 3.05) is 26.7 Å². The van der Waals surface area contributed by atoms with E-state index in [9.17, 15) is 4.79 Å². The Kier molecular flexibility index (Phi) is 7.91. The van der Waals surface area contributed by atoms with Crippen molar-refractivity contribution in [2.45, 2.75) is 32.6 Å². The molecule has 0 aliphatic carbocycles. The molecule has 1 aliphatic heterocycles. The van der Waals surface area contributed by atoms with Gasteiger partial charge >= 0.3 is 0 Å². The van der Waals surface area contributed by atoms with Gasteiger partial charge in [-0.15, -0.1) is 12.4 Å². The predicted molar refractivity (Wildman–Crippen MR) is 94.5 cm³/mol. The molecular formula is C18H29ClN2O. The van der Waals surface area contributed by atoms with Crippen LogP contribution in [0.5, 0.6) is 0 Å². The molecule has 1 saturated heterocycles. The van der Waals surface area contributed by atoms with E-state index in [2.05, 4.69) is 36.2 Å². The highest BCUT2D eigenvalue weighted by Gasteiger charge is 2.33. The zero-order valence-corrected chi connectivity index (χ0v) is 14.7. The lowest BCUT2D eigenvalue weighted by atomic mass is 9.84. The molecule has 1 aliphatic rings. The van der Waals surface area contributed by atoms with Crippen LogP contribution in [-0.2, 0) is 4.79 Å². The maximum absolute atomic E-state index is 13.0. The zero-order chi connectivity index (χ0) is 15.2. The summed E-state index contributed by atoms with van der Waals surface area (Å²) in [6.07, 6.45) is 2.15. The van der Waals surface area contributed by atoms with Crippen molar-refractivity contribution in [3.05, 3.63) is 35.9 Å². The van der Waals surface area contributed by atoms with Gasteiger partial charge in [0.2, 0.25) is 5.91 Å². The molecule has 1 N–H and O–H groups in total. The summed E-state index contributed by atoms with van der Waals surface area (Å²) in [5.74, 6) is 1.30. The summed E-state index contributed by atoms with van der Waals surface area (Å²) in [4.78, 5) is 15.1. The number of benzene rings is 1. The number of nitrogens with zero attached hydrogens (tertiary/aromatic N) is 1. The first kappa shape index (κ1) is 19.0. The average Bonchev–Trinajstić information content (AvgIpc) is 2.97. The van der Waals surface area contributed by atoms with Crippen molar-refractivity contribution in [1.29, 1.82) is 0 Å². The summed E-state index contributed by atoms with van der Waals surface area (Å²) < 4.78 is 0. The topological polar surface area (TPSA) is 32.3 Å². The van der Waals surface area contributed by atoms with E-state index in [0.717, 1.165) is 38.0 Å². The molecule has 3 unspecified atom stereocenters. The number of rotatable bonds is 6. The van der Waals surface area contributed by atoms with Gasteiger partial charge in [0.15, 0.2) is 0 Å². The largest absolute Gasteiger partial charge is 0.342 e. The van der Waals surface area contributed by atoms with E-state index in [4.69, 9.17) is 0 Å². The number of carbonyl (C=O) groups excluding carboxylic acids is 1. The maximum Gasteiger partial charge on any atom is 0.230 e. The standard InChI is InChI=1S/C18H28N2O.ClH/c1-4-14(2)17(16-8-6-5-7-9-16)18(21)20-11-10-15(13-20)12-19-3;/h5-9,14-15,17,19H,4,10-13H2,1-3H3;1H. The van der Waals surface area contributed by atoms with E-state index in [1.807, 2.05) is 25.2 Å². The van der Waals surface area contributed by atoms with Gasteiger partial charge in [-0.2, -0.15) is 0 Å². The molecule has 4 heteroatoms. The first-order valence-corrected chi connectivity index (χ1v) is 8.15. The SMILES string of the molecule is CCC(C)C(C(=O)N1CCC(CNC)C1)c1ccccc1.Cl. The molecule has 1 amide bonds. The van der Waals surface area contributed by atoms with Gasteiger partial charge in [0.25, 0.3) is 0 Å². The number of halogens is 1. The van der Waals surface area contributed by atoms with Crippen LogP contribution in [0.15, 0.2) is 30.3 Å². The Hall–Kier alpha value is -1.06. The molecule has 22 heavy (non-hydrogen) atoms. The molecule has 1 aromatic carbocycles. The van der Waals surface area contributed by atoms with Crippen LogP contribution in [0.3, 0.4) is 0 Å². The number of nitrogens with one attached hydrogen (secondary N) is 1. The number of likely N-dealkylation sites (tertiary alicyclic amines) is 1. The first-order chi connectivity index (χ1) is 10.2. The van der Waals surface area contributed by atoms with Crippen LogP contribution in [-0.4, -0.2) is 37.5 Å². The molecule has 3 nitrogen and oxygen atoms in total. The lowest BCUT2D eigenvalue weighted by molar-refractivity contribution is -0.133. The third-order valence-corrected chi connectivity index (χ3v) is 4.73. The Labute approximate surface area is 140 Å². The molecule has 1 aromatic rings. The van der Waals surface area contributed by atoms with Gasteiger partial charge in [-0.1, -0.05) is 50.6 Å². The van der Waals surface area contributed by atoms with E-state index < -0.39 is 0 Å². The summed E-state index contributed by atoms with van der Waals surface area (Å²) in [6, 6.07) is 10.3. The minimum Gasteiger partial charge on any atom is -0.342 e. The highest BCUT2D eigenvalue weighted by Crippen LogP contribution is 2.31. The molecule has 0 saturated carbocycles. The van der Waals surface area contributed by atoms with E-state index >= 15 is 0 Å². The Morgan fingerprint density at radius 1 is 1.36 bits per heavy atom. The highest BCUT2D eigenvalue weighted by atomic mass is 35.5. The first-order valence-electron chi connectivity index (χ1n) is 8.15. The second-order valence-corrected chi connectivity index (χ2v) is 6.27. The fraction of sp³-hybridized carbons (Fsp3) is 0.611. The van der Waals surface area contributed by atoms with Crippen LogP contribution in [0.1, 0.15) is 38.2 Å². The average molecular weight is 325 g/mol. The van der Waals surface area contributed by atoms with Crippen molar-refractivity contribution in [1.82, 2.24) is 10.2 Å². The number of hydrogen-bond donors (Lipinski definition) is 1. The molecular weight excluding hydrogens is 296 g/mol. The van der Waals surface area contributed by atoms with Gasteiger partial charge in [-0.25, -0.2) is 0 Å². The highest BCUT2D eigenvalue weighted by molar-refractivity contribution is 5.85. The Morgan fingerprint density at radius 2 is 2.05 bits per heavy atom. The normalized spacial score (nSPS) is 20.3. The fourth-order valence-corrected chi connectivity index (χ4v) is 3.30. The third kappa shape index (κ3) is 4.47. The Balaban J connectivity index is 0.00000242. The van der Waals surface area contributed by atoms with Gasteiger partial charge < -0.3 is 10.2 Å². The molecule has 0 radical (unpaired) electrons. The van der Waals surface area contributed by atoms with Crippen molar-refractivity contribution in [2.24, 2.45) is 11.8 Å². The molecule has 124 valence electrons. The molecule has 0 aromatic heterocycles. The van der Waals surface area contributed by atoms with Crippen LogP contribution >= 0.6 is 12.4 Å². The van der Waals surface area contributed by atoms with Crippen LogP contribution in [0.25, 0.3) is 0 Å². The lowest BCUT2D eigenvalue weighted by Gasteiger charge is -2.28.